The molecule has 6 nitrogen and oxygen atoms in total. The highest BCUT2D eigenvalue weighted by molar-refractivity contribution is 5.80. The van der Waals surface area contributed by atoms with Gasteiger partial charge in [0.1, 0.15) is 5.52 Å². The van der Waals surface area contributed by atoms with Gasteiger partial charge in [-0.25, -0.2) is 4.68 Å². The van der Waals surface area contributed by atoms with Crippen LogP contribution in [0.25, 0.3) is 11.0 Å². The number of benzene rings is 3. The number of fused-ring (bicyclic) bond motifs is 2. The second-order valence-corrected chi connectivity index (χ2v) is 11.5. The Kier molecular flexibility index (Phi) is 6.63. The van der Waals surface area contributed by atoms with Crippen molar-refractivity contribution in [3.63, 3.8) is 0 Å². The lowest BCUT2D eigenvalue weighted by atomic mass is 9.84. The van der Waals surface area contributed by atoms with Crippen LogP contribution in [0.15, 0.2) is 54.6 Å². The fraction of sp³-hybridized carbons (Fsp3) is 0.387. The molecule has 4 aromatic rings. The number of aryl methyl sites for hydroxylation is 3. The summed E-state index contributed by atoms with van der Waals surface area (Å²) in [7, 11) is 1.87. The van der Waals surface area contributed by atoms with Gasteiger partial charge in [0.15, 0.2) is 0 Å². The first kappa shape index (κ1) is 25.2. The average molecular weight is 497 g/mol. The first-order valence-corrected chi connectivity index (χ1v) is 13.0. The van der Waals surface area contributed by atoms with Gasteiger partial charge in [-0.05, 0) is 70.7 Å². The third-order valence-corrected chi connectivity index (χ3v) is 7.84. The summed E-state index contributed by atoms with van der Waals surface area (Å²) in [5.74, 6) is -1.07. The van der Waals surface area contributed by atoms with E-state index in [2.05, 4.69) is 78.4 Å². The predicted octanol–water partition coefficient (Wildman–Crippen LogP) is 5.78. The van der Waals surface area contributed by atoms with Gasteiger partial charge < -0.3 is 5.11 Å². The Labute approximate surface area is 218 Å². The van der Waals surface area contributed by atoms with Gasteiger partial charge in [0.25, 0.3) is 0 Å². The smallest absolute Gasteiger partial charge is 0.304 e. The Morgan fingerprint density at radius 1 is 1.08 bits per heavy atom. The van der Waals surface area contributed by atoms with E-state index >= 15 is 0 Å². The molecule has 1 atom stereocenters. The fourth-order valence-electron chi connectivity index (χ4n) is 6.00. The zero-order chi connectivity index (χ0) is 26.3. The lowest BCUT2D eigenvalue weighted by Crippen LogP contribution is -2.32. The van der Waals surface area contributed by atoms with Gasteiger partial charge >= 0.3 is 5.97 Å². The standard InChI is InChI=1S/C31H36N4O2/c1-20-10-11-22(27(15-29(36)37)26-12-13-28-30(21(26)2)32-33-34(28)5)14-25(20)18-35-17-24-9-7-6-8-23(24)16-31(3,4)19-35/h6-14,27H,15-19H2,1-5H3,(H,36,37). The molecule has 1 aliphatic heterocycles. The molecule has 5 rings (SSSR count). The maximum absolute atomic E-state index is 12.0. The van der Waals surface area contributed by atoms with Crippen molar-refractivity contribution in [1.82, 2.24) is 19.9 Å². The number of nitrogens with zero attached hydrogens (tertiary/aromatic N) is 4. The van der Waals surface area contributed by atoms with Crippen molar-refractivity contribution in [3.8, 4) is 0 Å². The molecule has 0 aliphatic carbocycles. The molecular weight excluding hydrogens is 460 g/mol. The van der Waals surface area contributed by atoms with Crippen LogP contribution < -0.4 is 0 Å². The molecule has 1 aromatic heterocycles. The number of rotatable bonds is 6. The molecule has 1 aliphatic rings. The van der Waals surface area contributed by atoms with Crippen molar-refractivity contribution < 1.29 is 9.90 Å². The molecule has 0 saturated heterocycles. The minimum atomic E-state index is -0.809. The molecular formula is C31H36N4O2. The fourth-order valence-corrected chi connectivity index (χ4v) is 6.00. The van der Waals surface area contributed by atoms with Gasteiger partial charge in [0.2, 0.25) is 0 Å². The molecule has 3 aromatic carbocycles. The van der Waals surface area contributed by atoms with Crippen LogP contribution in [0, 0.1) is 19.3 Å². The van der Waals surface area contributed by atoms with E-state index in [0.29, 0.717) is 0 Å². The normalized spacial score (nSPS) is 16.4. The van der Waals surface area contributed by atoms with Crippen LogP contribution in [0.1, 0.15) is 65.1 Å². The van der Waals surface area contributed by atoms with E-state index in [1.165, 1.54) is 22.3 Å². The highest BCUT2D eigenvalue weighted by Crippen LogP contribution is 2.35. The van der Waals surface area contributed by atoms with Gasteiger partial charge in [0, 0.05) is 32.6 Å². The second-order valence-electron chi connectivity index (χ2n) is 11.5. The summed E-state index contributed by atoms with van der Waals surface area (Å²) in [5.41, 5.74) is 10.3. The van der Waals surface area contributed by atoms with Crippen LogP contribution in [-0.4, -0.2) is 37.5 Å². The molecule has 1 N–H and O–H groups in total. The van der Waals surface area contributed by atoms with Crippen LogP contribution in [0.2, 0.25) is 0 Å². The molecule has 192 valence electrons. The summed E-state index contributed by atoms with van der Waals surface area (Å²) in [6.45, 7) is 11.6. The van der Waals surface area contributed by atoms with E-state index in [4.69, 9.17) is 0 Å². The van der Waals surface area contributed by atoms with E-state index in [1.54, 1.807) is 4.68 Å². The first-order valence-electron chi connectivity index (χ1n) is 13.0. The summed E-state index contributed by atoms with van der Waals surface area (Å²) >= 11 is 0. The summed E-state index contributed by atoms with van der Waals surface area (Å²) in [4.78, 5) is 14.5. The maximum Gasteiger partial charge on any atom is 0.304 e. The summed E-state index contributed by atoms with van der Waals surface area (Å²) < 4.78 is 1.75. The number of hydrogen-bond acceptors (Lipinski definition) is 4. The Hall–Kier alpha value is -3.51. The van der Waals surface area contributed by atoms with Crippen LogP contribution in [0.4, 0.5) is 0 Å². The van der Waals surface area contributed by atoms with E-state index < -0.39 is 5.97 Å². The highest BCUT2D eigenvalue weighted by Gasteiger charge is 2.28. The number of carboxylic acid groups (broad SMARTS) is 1. The Balaban J connectivity index is 1.51. The lowest BCUT2D eigenvalue weighted by Gasteiger charge is -2.30. The van der Waals surface area contributed by atoms with Gasteiger partial charge in [0.05, 0.1) is 11.9 Å². The topological polar surface area (TPSA) is 71.2 Å². The predicted molar refractivity (Wildman–Crippen MR) is 147 cm³/mol. The van der Waals surface area contributed by atoms with E-state index in [1.807, 2.05) is 26.1 Å². The second kappa shape index (κ2) is 9.75. The monoisotopic (exact) mass is 496 g/mol. The summed E-state index contributed by atoms with van der Waals surface area (Å²) in [5, 5.41) is 18.3. The highest BCUT2D eigenvalue weighted by atomic mass is 16.4. The molecule has 0 saturated carbocycles. The molecule has 1 unspecified atom stereocenters. The third-order valence-electron chi connectivity index (χ3n) is 7.84. The Morgan fingerprint density at radius 2 is 1.84 bits per heavy atom. The van der Waals surface area contributed by atoms with Gasteiger partial charge in [-0.3, -0.25) is 9.69 Å². The van der Waals surface area contributed by atoms with Crippen molar-refractivity contribution in [2.75, 3.05) is 6.54 Å². The molecule has 0 spiro atoms. The molecule has 37 heavy (non-hydrogen) atoms. The van der Waals surface area contributed by atoms with Crippen LogP contribution in [0.3, 0.4) is 0 Å². The van der Waals surface area contributed by atoms with E-state index in [9.17, 15) is 9.90 Å². The first-order chi connectivity index (χ1) is 17.6. The van der Waals surface area contributed by atoms with Crippen molar-refractivity contribution in [1.29, 1.82) is 0 Å². The van der Waals surface area contributed by atoms with Crippen LogP contribution in [0.5, 0.6) is 0 Å². The zero-order valence-corrected chi connectivity index (χ0v) is 22.5. The molecule has 0 amide bonds. The van der Waals surface area contributed by atoms with Gasteiger partial charge in [-0.1, -0.05) is 67.6 Å². The molecule has 0 fully saturated rings. The third kappa shape index (κ3) is 5.16. The Morgan fingerprint density at radius 3 is 2.59 bits per heavy atom. The lowest BCUT2D eigenvalue weighted by molar-refractivity contribution is -0.137. The van der Waals surface area contributed by atoms with Crippen molar-refractivity contribution in [2.24, 2.45) is 12.5 Å². The van der Waals surface area contributed by atoms with Crippen LogP contribution in [-0.2, 0) is 31.4 Å². The Bertz CT molecular complexity index is 1470. The van der Waals surface area contributed by atoms with Gasteiger partial charge in [-0.2, -0.15) is 0 Å². The molecule has 2 heterocycles. The van der Waals surface area contributed by atoms with E-state index in [0.717, 1.165) is 53.8 Å². The number of aliphatic carboxylic acids is 1. The number of hydrogen-bond donors (Lipinski definition) is 1. The van der Waals surface area contributed by atoms with E-state index in [-0.39, 0.29) is 17.8 Å². The molecule has 6 heteroatoms. The summed E-state index contributed by atoms with van der Waals surface area (Å²) in [6.07, 6.45) is 1.10. The number of carboxylic acids is 1. The number of aromatic nitrogens is 3. The van der Waals surface area contributed by atoms with Crippen LogP contribution >= 0.6 is 0 Å². The maximum atomic E-state index is 12.0. The summed E-state index contributed by atoms with van der Waals surface area (Å²) in [6, 6.07) is 19.3. The largest absolute Gasteiger partial charge is 0.481 e. The van der Waals surface area contributed by atoms with Crippen molar-refractivity contribution >= 4 is 17.0 Å². The molecule has 0 bridgehead atoms. The zero-order valence-electron chi connectivity index (χ0n) is 22.5. The number of carbonyl (C=O) groups is 1. The SMILES string of the molecule is Cc1ccc(C(CC(=O)O)c2ccc3c(nnn3C)c2C)cc1CN1Cc2ccccc2CC(C)(C)C1. The quantitative estimate of drug-likeness (QED) is 0.367. The minimum absolute atomic E-state index is 0.0270. The van der Waals surface area contributed by atoms with Gasteiger partial charge in [-0.15, -0.1) is 5.10 Å². The average Bonchev–Trinajstić information content (AvgIpc) is 3.15. The van der Waals surface area contributed by atoms with Crippen molar-refractivity contribution in [3.05, 3.63) is 93.5 Å². The minimum Gasteiger partial charge on any atom is -0.481 e. The van der Waals surface area contributed by atoms with Crippen molar-refractivity contribution in [2.45, 2.75) is 59.5 Å². The molecule has 0 radical (unpaired) electrons.